The fourth-order valence-electron chi connectivity index (χ4n) is 3.19. The second-order valence-corrected chi connectivity index (χ2v) is 5.88. The summed E-state index contributed by atoms with van der Waals surface area (Å²) < 4.78 is 10.5. The van der Waals surface area contributed by atoms with Crippen LogP contribution in [0.4, 0.5) is 0 Å². The lowest BCUT2D eigenvalue weighted by Crippen LogP contribution is -1.87. The molecular formula is C22H19NO2. The summed E-state index contributed by atoms with van der Waals surface area (Å²) in [5, 5.41) is 1.21. The molecule has 0 spiro atoms. The third-order valence-electron chi connectivity index (χ3n) is 4.53. The molecule has 124 valence electrons. The van der Waals surface area contributed by atoms with E-state index in [0.717, 1.165) is 22.6 Å². The van der Waals surface area contributed by atoms with Crippen LogP contribution in [-0.4, -0.2) is 19.2 Å². The summed E-state index contributed by atoms with van der Waals surface area (Å²) in [7, 11) is 3.37. The normalized spacial score (nSPS) is 10.8. The Morgan fingerprint density at radius 3 is 1.68 bits per heavy atom. The Bertz CT molecular complexity index is 917. The predicted octanol–water partition coefficient (Wildman–Crippen LogP) is 5.52. The highest BCUT2D eigenvalue weighted by Crippen LogP contribution is 2.35. The first kappa shape index (κ1) is 15.3. The summed E-state index contributed by atoms with van der Waals surface area (Å²) in [5.41, 5.74) is 5.86. The predicted molar refractivity (Wildman–Crippen MR) is 102 cm³/mol. The molecule has 4 rings (SSSR count). The number of benzene rings is 3. The van der Waals surface area contributed by atoms with Gasteiger partial charge in [-0.1, -0.05) is 36.4 Å². The van der Waals surface area contributed by atoms with Gasteiger partial charge in [0.05, 0.1) is 19.7 Å². The van der Waals surface area contributed by atoms with Crippen molar-refractivity contribution in [2.24, 2.45) is 0 Å². The van der Waals surface area contributed by atoms with Gasteiger partial charge in [-0.3, -0.25) is 0 Å². The second kappa shape index (κ2) is 6.36. The number of hydrogen-bond acceptors (Lipinski definition) is 2. The van der Waals surface area contributed by atoms with Crippen molar-refractivity contribution >= 4 is 10.9 Å². The number of hydrogen-bond donors (Lipinski definition) is 1. The van der Waals surface area contributed by atoms with Crippen molar-refractivity contribution in [3.63, 3.8) is 0 Å². The molecule has 0 aliphatic heterocycles. The molecule has 4 aromatic rings. The quantitative estimate of drug-likeness (QED) is 0.535. The van der Waals surface area contributed by atoms with E-state index in [1.807, 2.05) is 30.5 Å². The number of ether oxygens (including phenoxy) is 2. The lowest BCUT2D eigenvalue weighted by molar-refractivity contribution is 0.415. The molecule has 0 saturated carbocycles. The third-order valence-corrected chi connectivity index (χ3v) is 4.53. The van der Waals surface area contributed by atoms with Gasteiger partial charge < -0.3 is 14.5 Å². The fraction of sp³-hybridized carbons (Fsp3) is 0.0909. The van der Waals surface area contributed by atoms with Crippen molar-refractivity contribution in [2.75, 3.05) is 14.2 Å². The van der Waals surface area contributed by atoms with Crippen molar-refractivity contribution in [1.82, 2.24) is 4.98 Å². The topological polar surface area (TPSA) is 34.2 Å². The molecule has 0 aliphatic carbocycles. The second-order valence-electron chi connectivity index (χ2n) is 5.88. The highest BCUT2D eigenvalue weighted by Gasteiger charge is 2.10. The Labute approximate surface area is 146 Å². The summed E-state index contributed by atoms with van der Waals surface area (Å²) in [5.74, 6) is 1.73. The van der Waals surface area contributed by atoms with Crippen LogP contribution in [0.5, 0.6) is 11.5 Å². The van der Waals surface area contributed by atoms with Gasteiger partial charge in [0.2, 0.25) is 0 Å². The Hall–Kier alpha value is -3.20. The standard InChI is InChI=1S/C22H19NO2/c1-24-17-7-3-15(4-8-17)19-11-12-20(22-21(19)13-14-23-22)16-5-9-18(25-2)10-6-16/h3-14,23H,1-2H3. The Morgan fingerprint density at radius 1 is 0.600 bits per heavy atom. The highest BCUT2D eigenvalue weighted by atomic mass is 16.5. The molecule has 0 unspecified atom stereocenters. The minimum atomic E-state index is 0.862. The van der Waals surface area contributed by atoms with Crippen molar-refractivity contribution in [3.05, 3.63) is 72.9 Å². The number of nitrogens with one attached hydrogen (secondary N) is 1. The van der Waals surface area contributed by atoms with Crippen LogP contribution in [0.25, 0.3) is 33.2 Å². The SMILES string of the molecule is COc1ccc(-c2ccc(-c3ccc(OC)cc3)c3[nH]ccc23)cc1. The van der Waals surface area contributed by atoms with E-state index in [4.69, 9.17) is 9.47 Å². The Kier molecular flexibility index (Phi) is 3.90. The van der Waals surface area contributed by atoms with Crippen LogP contribution >= 0.6 is 0 Å². The highest BCUT2D eigenvalue weighted by molar-refractivity contribution is 6.03. The van der Waals surface area contributed by atoms with Gasteiger partial charge in [0.25, 0.3) is 0 Å². The van der Waals surface area contributed by atoms with Gasteiger partial charge in [0.1, 0.15) is 11.5 Å². The smallest absolute Gasteiger partial charge is 0.118 e. The zero-order valence-corrected chi connectivity index (χ0v) is 14.2. The summed E-state index contributed by atoms with van der Waals surface area (Å²) in [6.45, 7) is 0. The summed E-state index contributed by atoms with van der Waals surface area (Å²) in [6, 6.07) is 22.8. The first-order chi connectivity index (χ1) is 12.3. The molecule has 1 N–H and O–H groups in total. The van der Waals surface area contributed by atoms with E-state index in [-0.39, 0.29) is 0 Å². The van der Waals surface area contributed by atoms with E-state index in [9.17, 15) is 0 Å². The maximum Gasteiger partial charge on any atom is 0.118 e. The number of fused-ring (bicyclic) bond motifs is 1. The Balaban J connectivity index is 1.82. The average molecular weight is 329 g/mol. The zero-order chi connectivity index (χ0) is 17.2. The van der Waals surface area contributed by atoms with E-state index in [1.165, 1.54) is 22.1 Å². The molecule has 1 heterocycles. The summed E-state index contributed by atoms with van der Waals surface area (Å²) >= 11 is 0. The summed E-state index contributed by atoms with van der Waals surface area (Å²) in [4.78, 5) is 3.39. The van der Waals surface area contributed by atoms with Gasteiger partial charge in [-0.15, -0.1) is 0 Å². The molecule has 3 heteroatoms. The van der Waals surface area contributed by atoms with Crippen molar-refractivity contribution < 1.29 is 9.47 Å². The van der Waals surface area contributed by atoms with Crippen LogP contribution in [0, 0.1) is 0 Å². The zero-order valence-electron chi connectivity index (χ0n) is 14.2. The Morgan fingerprint density at radius 2 is 1.12 bits per heavy atom. The van der Waals surface area contributed by atoms with E-state index < -0.39 is 0 Å². The minimum absolute atomic E-state index is 0.862. The monoisotopic (exact) mass is 329 g/mol. The molecule has 3 nitrogen and oxygen atoms in total. The molecule has 0 atom stereocenters. The molecule has 25 heavy (non-hydrogen) atoms. The maximum atomic E-state index is 5.26. The largest absolute Gasteiger partial charge is 0.497 e. The van der Waals surface area contributed by atoms with Gasteiger partial charge in [-0.2, -0.15) is 0 Å². The molecule has 0 saturated heterocycles. The molecule has 0 amide bonds. The number of rotatable bonds is 4. The van der Waals surface area contributed by atoms with Crippen LogP contribution in [0.1, 0.15) is 0 Å². The van der Waals surface area contributed by atoms with Crippen LogP contribution in [0.15, 0.2) is 72.9 Å². The molecule has 0 aliphatic rings. The number of H-pyrrole nitrogens is 1. The van der Waals surface area contributed by atoms with Gasteiger partial charge >= 0.3 is 0 Å². The van der Waals surface area contributed by atoms with Gasteiger partial charge in [-0.05, 0) is 47.0 Å². The maximum absolute atomic E-state index is 5.26. The minimum Gasteiger partial charge on any atom is -0.497 e. The van der Waals surface area contributed by atoms with Crippen molar-refractivity contribution in [3.8, 4) is 33.8 Å². The lowest BCUT2D eigenvalue weighted by atomic mass is 9.96. The van der Waals surface area contributed by atoms with E-state index >= 15 is 0 Å². The van der Waals surface area contributed by atoms with Crippen molar-refractivity contribution in [2.45, 2.75) is 0 Å². The van der Waals surface area contributed by atoms with Gasteiger partial charge in [0, 0.05) is 17.1 Å². The first-order valence-electron chi connectivity index (χ1n) is 8.19. The van der Waals surface area contributed by atoms with Crippen LogP contribution < -0.4 is 9.47 Å². The van der Waals surface area contributed by atoms with Gasteiger partial charge in [-0.25, -0.2) is 0 Å². The van der Waals surface area contributed by atoms with E-state index in [0.29, 0.717) is 0 Å². The van der Waals surface area contributed by atoms with Gasteiger partial charge in [0.15, 0.2) is 0 Å². The lowest BCUT2D eigenvalue weighted by Gasteiger charge is -2.10. The molecular weight excluding hydrogens is 310 g/mol. The fourth-order valence-corrected chi connectivity index (χ4v) is 3.19. The van der Waals surface area contributed by atoms with Crippen molar-refractivity contribution in [1.29, 1.82) is 0 Å². The molecule has 0 fully saturated rings. The van der Waals surface area contributed by atoms with E-state index in [1.54, 1.807) is 14.2 Å². The van der Waals surface area contributed by atoms with Crippen LogP contribution in [0.2, 0.25) is 0 Å². The molecule has 0 radical (unpaired) electrons. The number of aromatic nitrogens is 1. The molecule has 3 aromatic carbocycles. The number of methoxy groups -OCH3 is 2. The molecule has 0 bridgehead atoms. The number of aromatic amines is 1. The third kappa shape index (κ3) is 2.74. The van der Waals surface area contributed by atoms with Crippen LogP contribution in [0.3, 0.4) is 0 Å². The first-order valence-corrected chi connectivity index (χ1v) is 8.19. The average Bonchev–Trinajstić information content (AvgIpc) is 3.17. The van der Waals surface area contributed by atoms with Crippen LogP contribution in [-0.2, 0) is 0 Å². The summed E-state index contributed by atoms with van der Waals surface area (Å²) in [6.07, 6.45) is 1.99. The molecule has 1 aromatic heterocycles. The van der Waals surface area contributed by atoms with E-state index in [2.05, 4.69) is 47.4 Å².